The summed E-state index contributed by atoms with van der Waals surface area (Å²) < 4.78 is 26.9. The SMILES string of the molecule is Cc1ncc(S(=O)(=O)N2CCC(NCC3CC3)CC2)s1.Cl. The van der Waals surface area contributed by atoms with Gasteiger partial charge in [0.1, 0.15) is 0 Å². The van der Waals surface area contributed by atoms with Gasteiger partial charge in [-0.2, -0.15) is 4.31 Å². The van der Waals surface area contributed by atoms with Crippen molar-refractivity contribution in [3.05, 3.63) is 11.2 Å². The predicted molar refractivity (Wildman–Crippen MR) is 86.6 cm³/mol. The van der Waals surface area contributed by atoms with Crippen LogP contribution in [0.15, 0.2) is 10.4 Å². The molecule has 3 rings (SSSR count). The second kappa shape index (κ2) is 6.91. The van der Waals surface area contributed by atoms with Crippen molar-refractivity contribution in [3.63, 3.8) is 0 Å². The molecule has 1 saturated carbocycles. The Morgan fingerprint density at radius 1 is 1.33 bits per heavy atom. The molecule has 2 aliphatic rings. The molecule has 1 saturated heterocycles. The fourth-order valence-electron chi connectivity index (χ4n) is 2.54. The molecule has 0 amide bonds. The highest BCUT2D eigenvalue weighted by molar-refractivity contribution is 7.91. The number of nitrogens with one attached hydrogen (secondary N) is 1. The Bertz CT molecular complexity index is 564. The molecular formula is C13H22ClN3O2S2. The summed E-state index contributed by atoms with van der Waals surface area (Å²) in [5.74, 6) is 0.872. The molecule has 0 bridgehead atoms. The highest BCUT2D eigenvalue weighted by atomic mass is 35.5. The van der Waals surface area contributed by atoms with Crippen molar-refractivity contribution in [1.29, 1.82) is 0 Å². The first kappa shape index (κ1) is 17.1. The Morgan fingerprint density at radius 2 is 2.00 bits per heavy atom. The molecule has 0 spiro atoms. The number of thiazole rings is 1. The number of hydrogen-bond acceptors (Lipinski definition) is 5. The average Bonchev–Trinajstić information content (AvgIpc) is 3.17. The highest BCUT2D eigenvalue weighted by Gasteiger charge is 2.31. The van der Waals surface area contributed by atoms with Gasteiger partial charge < -0.3 is 5.32 Å². The van der Waals surface area contributed by atoms with Crippen LogP contribution >= 0.6 is 23.7 Å². The number of aryl methyl sites for hydroxylation is 1. The van der Waals surface area contributed by atoms with Gasteiger partial charge in [0.15, 0.2) is 4.21 Å². The maximum absolute atomic E-state index is 12.5. The van der Waals surface area contributed by atoms with Crippen LogP contribution in [0.2, 0.25) is 0 Å². The van der Waals surface area contributed by atoms with Gasteiger partial charge in [0.05, 0.1) is 11.2 Å². The summed E-state index contributed by atoms with van der Waals surface area (Å²) in [5.41, 5.74) is 0. The topological polar surface area (TPSA) is 62.3 Å². The quantitative estimate of drug-likeness (QED) is 0.881. The van der Waals surface area contributed by atoms with Gasteiger partial charge in [-0.05, 0) is 45.1 Å². The number of sulfonamides is 1. The largest absolute Gasteiger partial charge is 0.314 e. The van der Waals surface area contributed by atoms with E-state index >= 15 is 0 Å². The van der Waals surface area contributed by atoms with E-state index in [4.69, 9.17) is 0 Å². The Hall–Kier alpha value is -0.210. The minimum Gasteiger partial charge on any atom is -0.314 e. The molecule has 8 heteroatoms. The van der Waals surface area contributed by atoms with Crippen LogP contribution in [0.3, 0.4) is 0 Å². The third-order valence-corrected chi connectivity index (χ3v) is 7.29. The van der Waals surface area contributed by atoms with E-state index in [1.165, 1.54) is 30.4 Å². The van der Waals surface area contributed by atoms with E-state index in [1.54, 1.807) is 4.31 Å². The second-order valence-corrected chi connectivity index (χ2v) is 9.13. The van der Waals surface area contributed by atoms with Gasteiger partial charge >= 0.3 is 0 Å². The van der Waals surface area contributed by atoms with Gasteiger partial charge in [0.25, 0.3) is 10.0 Å². The third kappa shape index (κ3) is 4.16. The smallest absolute Gasteiger partial charge is 0.254 e. The van der Waals surface area contributed by atoms with E-state index in [0.29, 0.717) is 23.3 Å². The number of nitrogens with zero attached hydrogens (tertiary/aromatic N) is 2. The van der Waals surface area contributed by atoms with Crippen LogP contribution in [0.5, 0.6) is 0 Å². The van der Waals surface area contributed by atoms with Crippen molar-refractivity contribution in [3.8, 4) is 0 Å². The van der Waals surface area contributed by atoms with Gasteiger partial charge in [-0.1, -0.05) is 0 Å². The third-order valence-electron chi connectivity index (χ3n) is 4.04. The molecule has 2 fully saturated rings. The molecule has 1 aromatic heterocycles. The van der Waals surface area contributed by atoms with Crippen molar-refractivity contribution in [2.75, 3.05) is 19.6 Å². The standard InChI is InChI=1S/C13H21N3O2S2.ClH/c1-10-14-9-13(19-10)20(17,18)16-6-4-12(5-7-16)15-8-11-2-3-11;/h9,11-12,15H,2-8H2,1H3;1H. The van der Waals surface area contributed by atoms with Crippen LogP contribution in [0.4, 0.5) is 0 Å². The van der Waals surface area contributed by atoms with E-state index in [2.05, 4.69) is 10.3 Å². The molecule has 1 N–H and O–H groups in total. The first-order valence-corrected chi connectivity index (χ1v) is 9.47. The molecule has 21 heavy (non-hydrogen) atoms. The summed E-state index contributed by atoms with van der Waals surface area (Å²) in [7, 11) is -3.32. The molecule has 5 nitrogen and oxygen atoms in total. The van der Waals surface area contributed by atoms with Gasteiger partial charge in [-0.15, -0.1) is 23.7 Å². The van der Waals surface area contributed by atoms with E-state index < -0.39 is 10.0 Å². The lowest BCUT2D eigenvalue weighted by atomic mass is 10.1. The molecular weight excluding hydrogens is 330 g/mol. The molecule has 1 aliphatic carbocycles. The van der Waals surface area contributed by atoms with E-state index in [-0.39, 0.29) is 12.4 Å². The Labute approximate surface area is 136 Å². The monoisotopic (exact) mass is 351 g/mol. The van der Waals surface area contributed by atoms with Gasteiger partial charge in [-0.25, -0.2) is 13.4 Å². The summed E-state index contributed by atoms with van der Waals surface area (Å²) in [6.07, 6.45) is 6.00. The lowest BCUT2D eigenvalue weighted by molar-refractivity contribution is 0.288. The Kier molecular flexibility index (Phi) is 5.65. The van der Waals surface area contributed by atoms with Crippen molar-refractivity contribution in [2.45, 2.75) is 42.9 Å². The zero-order valence-corrected chi connectivity index (χ0v) is 14.6. The van der Waals surface area contributed by atoms with Crippen LogP contribution in [0.1, 0.15) is 30.7 Å². The Balaban J connectivity index is 0.00000161. The van der Waals surface area contributed by atoms with E-state index in [0.717, 1.165) is 30.3 Å². The van der Waals surface area contributed by atoms with Crippen LogP contribution in [-0.4, -0.2) is 43.4 Å². The summed E-state index contributed by atoms with van der Waals surface area (Å²) in [4.78, 5) is 4.05. The molecule has 0 atom stereocenters. The minimum absolute atomic E-state index is 0. The van der Waals surface area contributed by atoms with Crippen LogP contribution < -0.4 is 5.32 Å². The van der Waals surface area contributed by atoms with Gasteiger partial charge in [0, 0.05) is 19.1 Å². The maximum atomic E-state index is 12.5. The minimum atomic E-state index is -3.32. The fraction of sp³-hybridized carbons (Fsp3) is 0.769. The summed E-state index contributed by atoms with van der Waals surface area (Å²) in [6.45, 7) is 4.16. The number of rotatable bonds is 5. The maximum Gasteiger partial charge on any atom is 0.254 e. The average molecular weight is 352 g/mol. The molecule has 0 aromatic carbocycles. The van der Waals surface area contributed by atoms with Crippen LogP contribution in [-0.2, 0) is 10.0 Å². The van der Waals surface area contributed by atoms with Crippen LogP contribution in [0.25, 0.3) is 0 Å². The fourth-order valence-corrected chi connectivity index (χ4v) is 5.28. The molecule has 120 valence electrons. The number of halogens is 1. The molecule has 0 radical (unpaired) electrons. The predicted octanol–water partition coefficient (Wildman–Crippen LogP) is 2.03. The molecule has 0 unspecified atom stereocenters. The molecule has 1 aromatic rings. The number of hydrogen-bond donors (Lipinski definition) is 1. The highest BCUT2D eigenvalue weighted by Crippen LogP contribution is 2.29. The van der Waals surface area contributed by atoms with E-state index in [1.807, 2.05) is 6.92 Å². The molecule has 2 heterocycles. The van der Waals surface area contributed by atoms with Gasteiger partial charge in [0.2, 0.25) is 0 Å². The first-order chi connectivity index (χ1) is 9.55. The van der Waals surface area contributed by atoms with Crippen molar-refractivity contribution < 1.29 is 8.42 Å². The first-order valence-electron chi connectivity index (χ1n) is 7.21. The number of piperidine rings is 1. The lowest BCUT2D eigenvalue weighted by Gasteiger charge is -2.31. The second-order valence-electron chi connectivity index (χ2n) is 5.73. The van der Waals surface area contributed by atoms with Gasteiger partial charge in [-0.3, -0.25) is 0 Å². The lowest BCUT2D eigenvalue weighted by Crippen LogP contribution is -2.45. The van der Waals surface area contributed by atoms with Crippen molar-refractivity contribution in [2.24, 2.45) is 5.92 Å². The summed E-state index contributed by atoms with van der Waals surface area (Å²) >= 11 is 1.26. The normalized spacial score (nSPS) is 21.2. The summed E-state index contributed by atoms with van der Waals surface area (Å²) in [5, 5.41) is 4.36. The zero-order chi connectivity index (χ0) is 14.2. The Morgan fingerprint density at radius 3 is 2.52 bits per heavy atom. The van der Waals surface area contributed by atoms with E-state index in [9.17, 15) is 8.42 Å². The molecule has 1 aliphatic heterocycles. The van der Waals surface area contributed by atoms with Crippen molar-refractivity contribution in [1.82, 2.24) is 14.6 Å². The number of aromatic nitrogens is 1. The summed E-state index contributed by atoms with van der Waals surface area (Å²) in [6, 6.07) is 0.477. The van der Waals surface area contributed by atoms with Crippen LogP contribution in [0, 0.1) is 12.8 Å². The zero-order valence-electron chi connectivity index (χ0n) is 12.1. The van der Waals surface area contributed by atoms with Crippen molar-refractivity contribution >= 4 is 33.8 Å².